The van der Waals surface area contributed by atoms with Crippen LogP contribution in [0.1, 0.15) is 71.3 Å². The summed E-state index contributed by atoms with van der Waals surface area (Å²) in [7, 11) is -3.75. The molecule has 47 heavy (non-hydrogen) atoms. The lowest BCUT2D eigenvalue weighted by Gasteiger charge is -2.33. The molecule has 0 spiro atoms. The lowest BCUT2D eigenvalue weighted by atomic mass is 9.72. The van der Waals surface area contributed by atoms with Crippen LogP contribution in [0.3, 0.4) is 0 Å². The van der Waals surface area contributed by atoms with E-state index in [9.17, 15) is 13.2 Å². The number of nitrogens with zero attached hydrogens (tertiary/aromatic N) is 5. The molecule has 5 aromatic rings. The molecule has 6 rings (SSSR count). The van der Waals surface area contributed by atoms with Gasteiger partial charge in [0.1, 0.15) is 17.0 Å². The zero-order valence-corrected chi connectivity index (χ0v) is 29.4. The Bertz CT molecular complexity index is 2030. The topological polar surface area (TPSA) is 107 Å². The van der Waals surface area contributed by atoms with Crippen LogP contribution in [-0.2, 0) is 45.7 Å². The number of benzene rings is 2. The summed E-state index contributed by atoms with van der Waals surface area (Å²) in [6.45, 7) is 13.5. The van der Waals surface area contributed by atoms with Crippen molar-refractivity contribution in [1.29, 1.82) is 0 Å². The molecule has 0 bridgehead atoms. The van der Waals surface area contributed by atoms with Crippen LogP contribution in [-0.4, -0.2) is 45.2 Å². The molecule has 2 aromatic carbocycles. The maximum absolute atomic E-state index is 14.0. The van der Waals surface area contributed by atoms with Crippen molar-refractivity contribution < 1.29 is 17.9 Å². The monoisotopic (exact) mass is 671 g/mol. The van der Waals surface area contributed by atoms with Crippen molar-refractivity contribution >= 4 is 38.4 Å². The Kier molecular flexibility index (Phi) is 9.08. The van der Waals surface area contributed by atoms with E-state index in [0.29, 0.717) is 25.2 Å². The normalized spacial score (nSPS) is 17.3. The lowest BCUT2D eigenvalue weighted by Crippen LogP contribution is -2.34. The van der Waals surface area contributed by atoms with Gasteiger partial charge in [-0.05, 0) is 93.5 Å². The van der Waals surface area contributed by atoms with Crippen molar-refractivity contribution in [2.45, 2.75) is 78.5 Å². The molecular weight excluding hydrogens is 631 g/mol. The predicted octanol–water partition coefficient (Wildman–Crippen LogP) is 6.81. The van der Waals surface area contributed by atoms with Crippen molar-refractivity contribution in [3.8, 4) is 0 Å². The number of hydrogen-bond acceptors (Lipinski definition) is 8. The standard InChI is InChI=1S/C36H41N5O4S2/c1-7-41-30-16-15-28(24(3)34(30)38-39-41)33(36(5,6)35(42)45-22-26-12-9-8-10-13-26)31-19-27(25(4)46-31)21-40-20-23(2)18-29-32(47(40,43)44)14-11-17-37-29/h8-17,19,23,33H,7,18,20-22H2,1-6H3/t23-,33-/m1/s1. The number of hydrogen-bond donors (Lipinski definition) is 0. The second-order valence-electron chi connectivity index (χ2n) is 13.1. The molecular formula is C36H41N5O4S2. The molecule has 1 aliphatic rings. The number of rotatable bonds is 9. The van der Waals surface area contributed by atoms with Gasteiger partial charge >= 0.3 is 5.97 Å². The molecule has 11 heteroatoms. The van der Waals surface area contributed by atoms with Crippen molar-refractivity contribution in [3.63, 3.8) is 0 Å². The second kappa shape index (κ2) is 12.9. The zero-order valence-electron chi connectivity index (χ0n) is 27.7. The van der Waals surface area contributed by atoms with E-state index in [1.165, 1.54) is 0 Å². The van der Waals surface area contributed by atoms with Gasteiger partial charge in [-0.15, -0.1) is 16.4 Å². The van der Waals surface area contributed by atoms with Gasteiger partial charge in [-0.1, -0.05) is 48.5 Å². The van der Waals surface area contributed by atoms with E-state index in [0.717, 1.165) is 43.0 Å². The van der Waals surface area contributed by atoms with Crippen molar-refractivity contribution in [2.24, 2.45) is 11.3 Å². The summed E-state index contributed by atoms with van der Waals surface area (Å²) >= 11 is 1.60. The van der Waals surface area contributed by atoms with Crippen molar-refractivity contribution in [1.82, 2.24) is 24.3 Å². The maximum Gasteiger partial charge on any atom is 0.312 e. The molecule has 0 fully saturated rings. The smallest absolute Gasteiger partial charge is 0.312 e. The largest absolute Gasteiger partial charge is 0.460 e. The van der Waals surface area contributed by atoms with Crippen molar-refractivity contribution in [2.75, 3.05) is 6.54 Å². The predicted molar refractivity (Wildman–Crippen MR) is 184 cm³/mol. The van der Waals surface area contributed by atoms with E-state index in [1.54, 1.807) is 34.0 Å². The molecule has 0 aliphatic carbocycles. The zero-order chi connectivity index (χ0) is 33.5. The first-order valence-electron chi connectivity index (χ1n) is 16.0. The Labute approximate surface area is 280 Å². The first kappa shape index (κ1) is 33.0. The molecule has 4 heterocycles. The van der Waals surface area contributed by atoms with Gasteiger partial charge in [0.2, 0.25) is 10.0 Å². The summed E-state index contributed by atoms with van der Waals surface area (Å²) in [5.41, 5.74) is 5.14. The molecule has 0 saturated carbocycles. The molecule has 9 nitrogen and oxygen atoms in total. The van der Waals surface area contributed by atoms with Gasteiger partial charge in [0.25, 0.3) is 0 Å². The Balaban J connectivity index is 1.40. The van der Waals surface area contributed by atoms with Gasteiger partial charge in [0.15, 0.2) is 0 Å². The number of thiophene rings is 1. The van der Waals surface area contributed by atoms with Crippen LogP contribution >= 0.6 is 11.3 Å². The Morgan fingerprint density at radius 2 is 1.87 bits per heavy atom. The number of carbonyl (C=O) groups is 1. The number of ether oxygens (including phenoxy) is 1. The van der Waals surface area contributed by atoms with E-state index >= 15 is 0 Å². The minimum atomic E-state index is -3.75. The van der Waals surface area contributed by atoms with Crippen molar-refractivity contribution in [3.05, 3.63) is 105 Å². The number of aromatic nitrogens is 4. The molecule has 0 amide bonds. The fourth-order valence-corrected chi connectivity index (χ4v) is 9.70. The summed E-state index contributed by atoms with van der Waals surface area (Å²) < 4.78 is 37.2. The van der Waals surface area contributed by atoms with Crippen LogP contribution in [0.25, 0.3) is 11.0 Å². The minimum Gasteiger partial charge on any atom is -0.460 e. The number of carbonyl (C=O) groups excluding carboxylic acids is 1. The first-order chi connectivity index (χ1) is 22.4. The molecule has 246 valence electrons. The van der Waals surface area contributed by atoms with Gasteiger partial charge in [-0.25, -0.2) is 13.1 Å². The SMILES string of the molecule is CCn1nnc2c(C)c([C@H](c3cc(CN4C[C@H](C)Cc5ncccc5S4(=O)=O)c(C)s3)C(C)(C)C(=O)OCc3ccccc3)ccc21. The third-order valence-corrected chi connectivity index (χ3v) is 12.3. The van der Waals surface area contributed by atoms with E-state index < -0.39 is 15.4 Å². The molecule has 0 saturated heterocycles. The molecule has 0 radical (unpaired) electrons. The molecule has 3 aromatic heterocycles. The first-order valence-corrected chi connectivity index (χ1v) is 18.2. The number of esters is 1. The van der Waals surface area contributed by atoms with E-state index in [4.69, 9.17) is 4.74 Å². The minimum absolute atomic E-state index is 0.108. The summed E-state index contributed by atoms with van der Waals surface area (Å²) in [5.74, 6) is -0.594. The van der Waals surface area contributed by atoms with E-state index in [2.05, 4.69) is 34.4 Å². The Morgan fingerprint density at radius 3 is 2.62 bits per heavy atom. The number of sulfonamides is 1. The highest BCUT2D eigenvalue weighted by Crippen LogP contribution is 2.47. The van der Waals surface area contributed by atoms with Crippen LogP contribution in [0.4, 0.5) is 0 Å². The van der Waals surface area contributed by atoms with Crippen LogP contribution < -0.4 is 0 Å². The van der Waals surface area contributed by atoms with Gasteiger partial charge in [-0.3, -0.25) is 9.78 Å². The van der Waals surface area contributed by atoms with Crippen LogP contribution in [0.2, 0.25) is 0 Å². The van der Waals surface area contributed by atoms with Crippen LogP contribution in [0.5, 0.6) is 0 Å². The average Bonchev–Trinajstić information content (AvgIpc) is 3.61. The van der Waals surface area contributed by atoms with E-state index in [-0.39, 0.29) is 35.9 Å². The van der Waals surface area contributed by atoms with Gasteiger partial charge in [-0.2, -0.15) is 4.31 Å². The molecule has 1 aliphatic heterocycles. The number of aryl methyl sites for hydroxylation is 3. The van der Waals surface area contributed by atoms with Gasteiger partial charge in [0, 0.05) is 41.5 Å². The lowest BCUT2D eigenvalue weighted by molar-refractivity contribution is -0.156. The summed E-state index contributed by atoms with van der Waals surface area (Å²) in [4.78, 5) is 20.6. The fourth-order valence-electron chi connectivity index (χ4n) is 6.63. The second-order valence-corrected chi connectivity index (χ2v) is 16.2. The van der Waals surface area contributed by atoms with Gasteiger partial charge < -0.3 is 4.74 Å². The highest BCUT2D eigenvalue weighted by Gasteiger charge is 2.43. The molecule has 2 atom stereocenters. The molecule has 0 unspecified atom stereocenters. The third-order valence-electron chi connectivity index (χ3n) is 9.25. The quantitative estimate of drug-likeness (QED) is 0.159. The van der Waals surface area contributed by atoms with Crippen LogP contribution in [0, 0.1) is 25.2 Å². The summed E-state index contributed by atoms with van der Waals surface area (Å²) in [5, 5.41) is 8.85. The summed E-state index contributed by atoms with van der Waals surface area (Å²) in [6, 6.07) is 19.2. The van der Waals surface area contributed by atoms with Crippen LogP contribution in [0.15, 0.2) is 71.8 Å². The average molecular weight is 672 g/mol. The Hall–Kier alpha value is -3.93. The highest BCUT2D eigenvalue weighted by atomic mass is 32.2. The van der Waals surface area contributed by atoms with E-state index in [1.807, 2.05) is 75.7 Å². The Morgan fingerprint density at radius 1 is 1.11 bits per heavy atom. The number of pyridine rings is 1. The maximum atomic E-state index is 14.0. The number of fused-ring (bicyclic) bond motifs is 2. The summed E-state index contributed by atoms with van der Waals surface area (Å²) in [6.07, 6.45) is 2.26. The molecule has 0 N–H and O–H groups in total. The van der Waals surface area contributed by atoms with Gasteiger partial charge in [0.05, 0.1) is 16.6 Å². The highest BCUT2D eigenvalue weighted by molar-refractivity contribution is 7.89. The third kappa shape index (κ3) is 6.24. The fraction of sp³-hybridized carbons (Fsp3) is 0.389.